The van der Waals surface area contributed by atoms with E-state index in [0.717, 1.165) is 17.2 Å². The van der Waals surface area contributed by atoms with Crippen molar-refractivity contribution in [3.8, 4) is 5.75 Å². The van der Waals surface area contributed by atoms with Crippen LogP contribution in [0.25, 0.3) is 0 Å². The van der Waals surface area contributed by atoms with Gasteiger partial charge in [0.1, 0.15) is 16.4 Å². The normalized spacial score (nSPS) is 17.8. The van der Waals surface area contributed by atoms with E-state index in [1.54, 1.807) is 11.3 Å². The van der Waals surface area contributed by atoms with Crippen LogP contribution in [-0.2, 0) is 6.42 Å². The molecule has 1 aliphatic heterocycles. The van der Waals surface area contributed by atoms with E-state index in [1.165, 1.54) is 11.1 Å². The van der Waals surface area contributed by atoms with Gasteiger partial charge in [-0.25, -0.2) is 4.98 Å². The van der Waals surface area contributed by atoms with Crippen molar-refractivity contribution in [3.63, 3.8) is 0 Å². The standard InChI is InChI=1S/C15H18N2OS/c1-15(2)9-10-5-4-6-11(13(10)18-15)12(16-3)14-17-7-8-19-14/h4-8,12,16H,9H2,1-3H3. The highest BCUT2D eigenvalue weighted by atomic mass is 32.1. The van der Waals surface area contributed by atoms with E-state index in [0.29, 0.717) is 0 Å². The van der Waals surface area contributed by atoms with E-state index in [-0.39, 0.29) is 11.6 Å². The number of benzene rings is 1. The summed E-state index contributed by atoms with van der Waals surface area (Å²) in [6.07, 6.45) is 2.81. The summed E-state index contributed by atoms with van der Waals surface area (Å²) >= 11 is 1.67. The maximum atomic E-state index is 6.14. The van der Waals surface area contributed by atoms with Crippen molar-refractivity contribution < 1.29 is 4.74 Å². The van der Waals surface area contributed by atoms with Gasteiger partial charge in [0.05, 0.1) is 6.04 Å². The number of hydrogen-bond donors (Lipinski definition) is 1. The average Bonchev–Trinajstić information content (AvgIpc) is 2.96. The summed E-state index contributed by atoms with van der Waals surface area (Å²) in [4.78, 5) is 4.43. The van der Waals surface area contributed by atoms with Gasteiger partial charge in [-0.3, -0.25) is 0 Å². The van der Waals surface area contributed by atoms with Gasteiger partial charge in [-0.05, 0) is 26.5 Å². The first-order valence-electron chi connectivity index (χ1n) is 6.48. The molecule has 1 aliphatic rings. The molecule has 3 rings (SSSR count). The van der Waals surface area contributed by atoms with Crippen LogP contribution in [0.3, 0.4) is 0 Å². The topological polar surface area (TPSA) is 34.2 Å². The molecular weight excluding hydrogens is 256 g/mol. The monoisotopic (exact) mass is 274 g/mol. The molecule has 1 atom stereocenters. The van der Waals surface area contributed by atoms with Crippen LogP contribution in [0.4, 0.5) is 0 Å². The Balaban J connectivity index is 2.05. The third kappa shape index (κ3) is 2.26. The Morgan fingerprint density at radius 3 is 2.95 bits per heavy atom. The van der Waals surface area contributed by atoms with Gasteiger partial charge in [0, 0.05) is 23.6 Å². The Bertz CT molecular complexity index is 578. The Morgan fingerprint density at radius 1 is 1.42 bits per heavy atom. The molecular formula is C15H18N2OS. The van der Waals surface area contributed by atoms with E-state index >= 15 is 0 Å². The van der Waals surface area contributed by atoms with Crippen molar-refractivity contribution in [3.05, 3.63) is 45.9 Å². The fourth-order valence-corrected chi connectivity index (χ4v) is 3.42. The fourth-order valence-electron chi connectivity index (χ4n) is 2.66. The highest BCUT2D eigenvalue weighted by molar-refractivity contribution is 7.09. The number of ether oxygens (including phenoxy) is 1. The quantitative estimate of drug-likeness (QED) is 0.933. The van der Waals surface area contributed by atoms with Crippen LogP contribution in [0.1, 0.15) is 36.0 Å². The van der Waals surface area contributed by atoms with Crippen LogP contribution in [0, 0.1) is 0 Å². The van der Waals surface area contributed by atoms with Crippen LogP contribution in [-0.4, -0.2) is 17.6 Å². The Morgan fingerprint density at radius 2 is 2.26 bits per heavy atom. The molecule has 0 radical (unpaired) electrons. The van der Waals surface area contributed by atoms with E-state index in [1.807, 2.05) is 18.6 Å². The van der Waals surface area contributed by atoms with Gasteiger partial charge in [0.2, 0.25) is 0 Å². The van der Waals surface area contributed by atoms with Gasteiger partial charge in [-0.2, -0.15) is 0 Å². The second kappa shape index (κ2) is 4.62. The zero-order valence-electron chi connectivity index (χ0n) is 11.4. The number of fused-ring (bicyclic) bond motifs is 1. The van der Waals surface area contributed by atoms with Crippen molar-refractivity contribution >= 4 is 11.3 Å². The second-order valence-corrected chi connectivity index (χ2v) is 6.39. The summed E-state index contributed by atoms with van der Waals surface area (Å²) in [7, 11) is 1.96. The molecule has 2 aromatic rings. The number of aromatic nitrogens is 1. The van der Waals surface area contributed by atoms with Crippen molar-refractivity contribution in [1.82, 2.24) is 10.3 Å². The summed E-state index contributed by atoms with van der Waals surface area (Å²) in [5.41, 5.74) is 2.36. The molecule has 1 N–H and O–H groups in total. The lowest BCUT2D eigenvalue weighted by molar-refractivity contribution is 0.136. The zero-order chi connectivity index (χ0) is 13.5. The number of hydrogen-bond acceptors (Lipinski definition) is 4. The molecule has 1 aromatic heterocycles. The van der Waals surface area contributed by atoms with Crippen LogP contribution in [0.15, 0.2) is 29.8 Å². The Kier molecular flexibility index (Phi) is 3.07. The summed E-state index contributed by atoms with van der Waals surface area (Å²) in [5, 5.41) is 6.43. The lowest BCUT2D eigenvalue weighted by Gasteiger charge is -2.21. The molecule has 0 spiro atoms. The van der Waals surface area contributed by atoms with E-state index < -0.39 is 0 Å². The first kappa shape index (κ1) is 12.6. The number of para-hydroxylation sites is 1. The Labute approximate surface area is 117 Å². The van der Waals surface area contributed by atoms with Crippen LogP contribution >= 0.6 is 11.3 Å². The lowest BCUT2D eigenvalue weighted by Crippen LogP contribution is -2.25. The highest BCUT2D eigenvalue weighted by Crippen LogP contribution is 2.41. The Hall–Kier alpha value is -1.39. The molecule has 1 aromatic carbocycles. The minimum Gasteiger partial charge on any atom is -0.487 e. The third-order valence-corrected chi connectivity index (χ3v) is 4.26. The number of thiazole rings is 1. The minimum atomic E-state index is -0.112. The number of nitrogens with zero attached hydrogens (tertiary/aromatic N) is 1. The predicted octanol–water partition coefficient (Wildman–Crippen LogP) is 3.17. The third-order valence-electron chi connectivity index (χ3n) is 3.42. The summed E-state index contributed by atoms with van der Waals surface area (Å²) in [6, 6.07) is 6.49. The number of nitrogens with one attached hydrogen (secondary N) is 1. The summed E-state index contributed by atoms with van der Waals surface area (Å²) < 4.78 is 6.14. The van der Waals surface area contributed by atoms with Gasteiger partial charge in [0.15, 0.2) is 0 Å². The first-order chi connectivity index (χ1) is 9.11. The van der Waals surface area contributed by atoms with Crippen LogP contribution < -0.4 is 10.1 Å². The van der Waals surface area contributed by atoms with Crippen LogP contribution in [0.2, 0.25) is 0 Å². The van der Waals surface area contributed by atoms with Crippen LogP contribution in [0.5, 0.6) is 5.75 Å². The average molecular weight is 274 g/mol. The van der Waals surface area contributed by atoms with Gasteiger partial charge >= 0.3 is 0 Å². The molecule has 19 heavy (non-hydrogen) atoms. The SMILES string of the molecule is CNC(c1nccs1)c1cccc2c1OC(C)(C)C2. The fraction of sp³-hybridized carbons (Fsp3) is 0.400. The molecule has 3 nitrogen and oxygen atoms in total. The molecule has 0 fully saturated rings. The lowest BCUT2D eigenvalue weighted by atomic mass is 9.98. The van der Waals surface area contributed by atoms with E-state index in [9.17, 15) is 0 Å². The minimum absolute atomic E-state index is 0.101. The maximum absolute atomic E-state index is 6.14. The molecule has 100 valence electrons. The van der Waals surface area contributed by atoms with E-state index in [2.05, 4.69) is 42.3 Å². The van der Waals surface area contributed by atoms with Crippen molar-refractivity contribution in [2.45, 2.75) is 31.9 Å². The molecule has 1 unspecified atom stereocenters. The van der Waals surface area contributed by atoms with E-state index in [4.69, 9.17) is 4.74 Å². The molecule has 0 saturated heterocycles. The second-order valence-electron chi connectivity index (χ2n) is 5.47. The summed E-state index contributed by atoms with van der Waals surface area (Å²) in [6.45, 7) is 4.27. The molecule has 0 aliphatic carbocycles. The first-order valence-corrected chi connectivity index (χ1v) is 7.36. The molecule has 0 bridgehead atoms. The molecule has 4 heteroatoms. The van der Waals surface area contributed by atoms with Gasteiger partial charge in [-0.15, -0.1) is 11.3 Å². The van der Waals surface area contributed by atoms with Crippen molar-refractivity contribution in [1.29, 1.82) is 0 Å². The van der Waals surface area contributed by atoms with Gasteiger partial charge < -0.3 is 10.1 Å². The van der Waals surface area contributed by atoms with Crippen molar-refractivity contribution in [2.75, 3.05) is 7.05 Å². The zero-order valence-corrected chi connectivity index (χ0v) is 12.3. The number of rotatable bonds is 3. The van der Waals surface area contributed by atoms with Crippen molar-refractivity contribution in [2.24, 2.45) is 0 Å². The van der Waals surface area contributed by atoms with Gasteiger partial charge in [0.25, 0.3) is 0 Å². The largest absolute Gasteiger partial charge is 0.487 e. The molecule has 2 heterocycles. The van der Waals surface area contributed by atoms with Gasteiger partial charge in [-0.1, -0.05) is 18.2 Å². The molecule has 0 amide bonds. The highest BCUT2D eigenvalue weighted by Gasteiger charge is 2.33. The summed E-state index contributed by atoms with van der Waals surface area (Å²) in [5.74, 6) is 1.03. The molecule has 0 saturated carbocycles. The smallest absolute Gasteiger partial charge is 0.128 e. The predicted molar refractivity (Wildman–Crippen MR) is 77.9 cm³/mol. The maximum Gasteiger partial charge on any atom is 0.128 e.